The maximum absolute atomic E-state index is 4.65. The van der Waals surface area contributed by atoms with Crippen molar-refractivity contribution in [2.45, 2.75) is 38.0 Å². The van der Waals surface area contributed by atoms with Crippen molar-refractivity contribution in [3.8, 4) is 0 Å². The molecule has 0 atom stereocenters. The highest BCUT2D eigenvalue weighted by atomic mass is 15.3. The van der Waals surface area contributed by atoms with Crippen molar-refractivity contribution in [3.05, 3.63) is 24.2 Å². The molecule has 0 N–H and O–H groups in total. The average molecular weight is 203 g/mol. The van der Waals surface area contributed by atoms with E-state index < -0.39 is 0 Å². The van der Waals surface area contributed by atoms with E-state index in [1.165, 1.54) is 43.4 Å². The minimum Gasteiger partial charge on any atom is -0.334 e. The van der Waals surface area contributed by atoms with Gasteiger partial charge in [0.05, 0.1) is 5.69 Å². The lowest BCUT2D eigenvalue weighted by atomic mass is 9.87. The zero-order chi connectivity index (χ0) is 10.3. The van der Waals surface area contributed by atoms with Gasteiger partial charge in [-0.05, 0) is 12.8 Å². The fourth-order valence-electron chi connectivity index (χ4n) is 2.61. The first-order valence-electron chi connectivity index (χ1n) is 5.85. The summed E-state index contributed by atoms with van der Waals surface area (Å²) < 4.78 is 4.11. The second-order valence-electron chi connectivity index (χ2n) is 4.62. The molecule has 3 heteroatoms. The highest BCUT2D eigenvalue weighted by Crippen LogP contribution is 2.32. The molecule has 0 spiro atoms. The summed E-state index contributed by atoms with van der Waals surface area (Å²) in [6, 6.07) is 2.25. The third-order valence-corrected chi connectivity index (χ3v) is 3.55. The van der Waals surface area contributed by atoms with Crippen molar-refractivity contribution in [2.24, 2.45) is 7.05 Å². The van der Waals surface area contributed by atoms with Crippen LogP contribution in [0, 0.1) is 0 Å². The van der Waals surface area contributed by atoms with Gasteiger partial charge >= 0.3 is 0 Å². The van der Waals surface area contributed by atoms with E-state index in [0.29, 0.717) is 5.92 Å². The molecule has 2 aromatic heterocycles. The molecular weight excluding hydrogens is 186 g/mol. The smallest absolute Gasteiger partial charge is 0.135 e. The molecular formula is C12H17N3. The largest absolute Gasteiger partial charge is 0.334 e. The van der Waals surface area contributed by atoms with E-state index in [2.05, 4.69) is 22.8 Å². The van der Waals surface area contributed by atoms with Crippen LogP contribution in [0.4, 0.5) is 0 Å². The number of hydrogen-bond donors (Lipinski definition) is 0. The van der Waals surface area contributed by atoms with Crippen molar-refractivity contribution in [2.75, 3.05) is 0 Å². The monoisotopic (exact) mass is 203 g/mol. The number of hydrogen-bond acceptors (Lipinski definition) is 1. The maximum atomic E-state index is 4.65. The van der Waals surface area contributed by atoms with Crippen molar-refractivity contribution < 1.29 is 0 Å². The Morgan fingerprint density at radius 1 is 1.20 bits per heavy atom. The van der Waals surface area contributed by atoms with E-state index in [4.69, 9.17) is 0 Å². The maximum Gasteiger partial charge on any atom is 0.135 e. The molecule has 0 amide bonds. The highest BCUT2D eigenvalue weighted by molar-refractivity contribution is 5.41. The summed E-state index contributed by atoms with van der Waals surface area (Å²) in [7, 11) is 2.07. The molecule has 0 radical (unpaired) electrons. The van der Waals surface area contributed by atoms with Crippen LogP contribution >= 0.6 is 0 Å². The second kappa shape index (κ2) is 3.40. The predicted octanol–water partition coefficient (Wildman–Crippen LogP) is 2.72. The van der Waals surface area contributed by atoms with E-state index in [9.17, 15) is 0 Å². The summed E-state index contributed by atoms with van der Waals surface area (Å²) in [4.78, 5) is 0. The average Bonchev–Trinajstić information content (AvgIpc) is 2.83. The van der Waals surface area contributed by atoms with Crippen LogP contribution in [-0.2, 0) is 7.05 Å². The summed E-state index contributed by atoms with van der Waals surface area (Å²) in [5.74, 6) is 0.707. The van der Waals surface area contributed by atoms with Crippen LogP contribution in [0.5, 0.6) is 0 Å². The van der Waals surface area contributed by atoms with Crippen LogP contribution in [0.3, 0.4) is 0 Å². The normalized spacial score (nSPS) is 18.7. The fourth-order valence-corrected chi connectivity index (χ4v) is 2.61. The van der Waals surface area contributed by atoms with Crippen LogP contribution in [0.15, 0.2) is 18.5 Å². The minimum absolute atomic E-state index is 0.707. The molecule has 3 rings (SSSR count). The Balaban J connectivity index is 1.96. The second-order valence-corrected chi connectivity index (χ2v) is 4.62. The first kappa shape index (κ1) is 9.01. The Morgan fingerprint density at radius 3 is 2.73 bits per heavy atom. The molecule has 0 unspecified atom stereocenters. The fraction of sp³-hybridized carbons (Fsp3) is 0.583. The van der Waals surface area contributed by atoms with E-state index in [1.54, 1.807) is 0 Å². The Hall–Kier alpha value is -1.25. The summed E-state index contributed by atoms with van der Waals surface area (Å²) in [5.41, 5.74) is 2.50. The Kier molecular flexibility index (Phi) is 2.04. The van der Waals surface area contributed by atoms with Crippen molar-refractivity contribution in [1.82, 2.24) is 14.2 Å². The Bertz CT molecular complexity index is 460. The number of fused-ring (bicyclic) bond motifs is 1. The van der Waals surface area contributed by atoms with Crippen LogP contribution in [0.2, 0.25) is 0 Å². The molecule has 0 aromatic carbocycles. The third kappa shape index (κ3) is 1.46. The van der Waals surface area contributed by atoms with Gasteiger partial charge < -0.3 is 4.57 Å². The molecule has 1 saturated carbocycles. The predicted molar refractivity (Wildman–Crippen MR) is 60.0 cm³/mol. The van der Waals surface area contributed by atoms with Crippen LogP contribution in [-0.4, -0.2) is 14.2 Å². The SMILES string of the molecule is Cn1ccn2nc(C3CCCCC3)cc12. The van der Waals surface area contributed by atoms with Gasteiger partial charge in [0.2, 0.25) is 0 Å². The lowest BCUT2D eigenvalue weighted by Crippen LogP contribution is -2.05. The molecule has 3 nitrogen and oxygen atoms in total. The van der Waals surface area contributed by atoms with E-state index in [0.717, 1.165) is 0 Å². The van der Waals surface area contributed by atoms with E-state index in [1.807, 2.05) is 16.9 Å². The standard InChI is InChI=1S/C12H17N3/c1-14-7-8-15-12(14)9-11(13-15)10-5-3-2-4-6-10/h7-10H,2-6H2,1H3. The molecule has 2 heterocycles. The molecule has 2 aromatic rings. The number of rotatable bonds is 1. The summed E-state index contributed by atoms with van der Waals surface area (Å²) >= 11 is 0. The highest BCUT2D eigenvalue weighted by Gasteiger charge is 2.18. The van der Waals surface area contributed by atoms with Gasteiger partial charge in [0, 0.05) is 31.4 Å². The molecule has 0 bridgehead atoms. The van der Waals surface area contributed by atoms with Gasteiger partial charge in [-0.3, -0.25) is 0 Å². The number of aromatic nitrogens is 3. The summed E-state index contributed by atoms with van der Waals surface area (Å²) in [5, 5.41) is 4.65. The van der Waals surface area contributed by atoms with Gasteiger partial charge in [-0.1, -0.05) is 19.3 Å². The molecule has 1 aliphatic carbocycles. The van der Waals surface area contributed by atoms with Crippen LogP contribution in [0.1, 0.15) is 43.7 Å². The van der Waals surface area contributed by atoms with Gasteiger partial charge in [-0.25, -0.2) is 4.52 Å². The molecule has 1 aliphatic rings. The topological polar surface area (TPSA) is 22.2 Å². The van der Waals surface area contributed by atoms with Crippen molar-refractivity contribution >= 4 is 5.65 Å². The first-order valence-corrected chi connectivity index (χ1v) is 5.85. The van der Waals surface area contributed by atoms with Crippen molar-refractivity contribution in [1.29, 1.82) is 0 Å². The van der Waals surface area contributed by atoms with Crippen LogP contribution < -0.4 is 0 Å². The summed E-state index contributed by atoms with van der Waals surface area (Å²) in [6.07, 6.45) is 10.9. The quantitative estimate of drug-likeness (QED) is 0.698. The van der Waals surface area contributed by atoms with Gasteiger partial charge in [0.1, 0.15) is 5.65 Å². The number of aryl methyl sites for hydroxylation is 1. The van der Waals surface area contributed by atoms with Crippen molar-refractivity contribution in [3.63, 3.8) is 0 Å². The first-order chi connectivity index (χ1) is 7.34. The Morgan fingerprint density at radius 2 is 2.00 bits per heavy atom. The van der Waals surface area contributed by atoms with Crippen LogP contribution in [0.25, 0.3) is 5.65 Å². The van der Waals surface area contributed by atoms with E-state index >= 15 is 0 Å². The lowest BCUT2D eigenvalue weighted by Gasteiger charge is -2.19. The van der Waals surface area contributed by atoms with Gasteiger partial charge in [-0.15, -0.1) is 0 Å². The molecule has 0 saturated heterocycles. The molecule has 0 aliphatic heterocycles. The molecule has 80 valence electrons. The zero-order valence-electron chi connectivity index (χ0n) is 9.19. The van der Waals surface area contributed by atoms with Gasteiger partial charge in [0.25, 0.3) is 0 Å². The van der Waals surface area contributed by atoms with Gasteiger partial charge in [-0.2, -0.15) is 5.10 Å². The number of nitrogens with zero attached hydrogens (tertiary/aromatic N) is 3. The molecule has 1 fully saturated rings. The summed E-state index contributed by atoms with van der Waals surface area (Å²) in [6.45, 7) is 0. The van der Waals surface area contributed by atoms with E-state index in [-0.39, 0.29) is 0 Å². The number of imidazole rings is 1. The zero-order valence-corrected chi connectivity index (χ0v) is 9.19. The Labute approximate surface area is 89.7 Å². The lowest BCUT2D eigenvalue weighted by molar-refractivity contribution is 0.435. The third-order valence-electron chi connectivity index (χ3n) is 3.55. The molecule has 15 heavy (non-hydrogen) atoms. The minimum atomic E-state index is 0.707. The van der Waals surface area contributed by atoms with Gasteiger partial charge in [0.15, 0.2) is 0 Å².